The number of carboxylic acids is 1. The van der Waals surface area contributed by atoms with Crippen LogP contribution in [0.3, 0.4) is 0 Å². The molecule has 1 heterocycles. The summed E-state index contributed by atoms with van der Waals surface area (Å²) in [6, 6.07) is 1.67. The monoisotopic (exact) mass is 284 g/mol. The lowest BCUT2D eigenvalue weighted by molar-refractivity contribution is -0.147. The fourth-order valence-corrected chi connectivity index (χ4v) is 2.46. The second kappa shape index (κ2) is 6.56. The highest BCUT2D eigenvalue weighted by Crippen LogP contribution is 2.14. The highest BCUT2D eigenvalue weighted by molar-refractivity contribution is 7.07. The molecule has 5 nitrogen and oxygen atoms in total. The first kappa shape index (κ1) is 15.5. The zero-order valence-electron chi connectivity index (χ0n) is 11.5. The summed E-state index contributed by atoms with van der Waals surface area (Å²) >= 11 is 1.62. The quantitative estimate of drug-likeness (QED) is 0.841. The lowest BCUT2D eigenvalue weighted by atomic mass is 10.0. The molecule has 0 fully saturated rings. The maximum Gasteiger partial charge on any atom is 0.329 e. The standard InChI is InChI=1S/C13H20N2O3S/c1-4-15(13(2,3)11(16)17)12(18)14-7-5-10-6-8-19-9-10/h6,8-9H,4-5,7H2,1-3H3,(H,14,18)(H,16,17). The summed E-state index contributed by atoms with van der Waals surface area (Å²) in [5.41, 5.74) is -0.0351. The molecule has 2 N–H and O–H groups in total. The van der Waals surface area contributed by atoms with Crippen LogP contribution in [0, 0.1) is 0 Å². The van der Waals surface area contributed by atoms with E-state index >= 15 is 0 Å². The van der Waals surface area contributed by atoms with Gasteiger partial charge in [-0.1, -0.05) is 0 Å². The van der Waals surface area contributed by atoms with Crippen LogP contribution in [-0.2, 0) is 11.2 Å². The molecule has 0 aliphatic heterocycles. The summed E-state index contributed by atoms with van der Waals surface area (Å²) in [7, 11) is 0. The zero-order valence-corrected chi connectivity index (χ0v) is 12.3. The molecule has 0 unspecified atom stereocenters. The van der Waals surface area contributed by atoms with Gasteiger partial charge in [-0.3, -0.25) is 0 Å². The third-order valence-electron chi connectivity index (χ3n) is 3.03. The van der Waals surface area contributed by atoms with Crippen LogP contribution in [0.4, 0.5) is 4.79 Å². The van der Waals surface area contributed by atoms with E-state index in [0.717, 1.165) is 6.42 Å². The van der Waals surface area contributed by atoms with Gasteiger partial charge in [0, 0.05) is 13.1 Å². The maximum absolute atomic E-state index is 12.0. The van der Waals surface area contributed by atoms with Gasteiger partial charge in [-0.05, 0) is 49.6 Å². The molecule has 0 spiro atoms. The van der Waals surface area contributed by atoms with Crippen LogP contribution in [0.2, 0.25) is 0 Å². The van der Waals surface area contributed by atoms with Crippen molar-refractivity contribution in [3.8, 4) is 0 Å². The molecule has 1 aromatic rings. The Morgan fingerprint density at radius 1 is 1.47 bits per heavy atom. The van der Waals surface area contributed by atoms with Crippen molar-refractivity contribution in [2.75, 3.05) is 13.1 Å². The van der Waals surface area contributed by atoms with E-state index in [1.807, 2.05) is 16.8 Å². The number of hydrogen-bond donors (Lipinski definition) is 2. The number of carbonyl (C=O) groups excluding carboxylic acids is 1. The van der Waals surface area contributed by atoms with Crippen LogP contribution >= 0.6 is 11.3 Å². The highest BCUT2D eigenvalue weighted by atomic mass is 32.1. The summed E-state index contributed by atoms with van der Waals surface area (Å²) in [6.07, 6.45) is 0.750. The van der Waals surface area contributed by atoms with E-state index in [0.29, 0.717) is 13.1 Å². The molecule has 1 rings (SSSR count). The summed E-state index contributed by atoms with van der Waals surface area (Å²) in [5, 5.41) is 15.9. The molecule has 19 heavy (non-hydrogen) atoms. The fraction of sp³-hybridized carbons (Fsp3) is 0.538. The average molecular weight is 284 g/mol. The summed E-state index contributed by atoms with van der Waals surface area (Å²) in [4.78, 5) is 24.5. The van der Waals surface area contributed by atoms with Crippen molar-refractivity contribution in [1.82, 2.24) is 10.2 Å². The van der Waals surface area contributed by atoms with E-state index in [4.69, 9.17) is 5.11 Å². The number of nitrogens with one attached hydrogen (secondary N) is 1. The molecule has 0 saturated carbocycles. The maximum atomic E-state index is 12.0. The number of urea groups is 1. The van der Waals surface area contributed by atoms with E-state index in [1.54, 1.807) is 18.3 Å². The molecule has 0 saturated heterocycles. The molecule has 2 amide bonds. The van der Waals surface area contributed by atoms with Crippen LogP contribution < -0.4 is 5.32 Å². The Morgan fingerprint density at radius 2 is 2.16 bits per heavy atom. The summed E-state index contributed by atoms with van der Waals surface area (Å²) < 4.78 is 0. The second-order valence-electron chi connectivity index (χ2n) is 4.72. The number of likely N-dealkylation sites (N-methyl/N-ethyl adjacent to an activating group) is 1. The van der Waals surface area contributed by atoms with Crippen molar-refractivity contribution in [3.63, 3.8) is 0 Å². The Bertz CT molecular complexity index is 429. The minimum atomic E-state index is -1.21. The summed E-state index contributed by atoms with van der Waals surface area (Å²) in [6.45, 7) is 5.67. The minimum Gasteiger partial charge on any atom is -0.480 e. The van der Waals surface area contributed by atoms with Gasteiger partial charge in [0.1, 0.15) is 5.54 Å². The van der Waals surface area contributed by atoms with E-state index in [2.05, 4.69) is 5.32 Å². The van der Waals surface area contributed by atoms with E-state index in [9.17, 15) is 9.59 Å². The number of rotatable bonds is 6. The molecule has 0 atom stereocenters. The van der Waals surface area contributed by atoms with Crippen LogP contribution in [0.1, 0.15) is 26.3 Å². The molecular weight excluding hydrogens is 264 g/mol. The molecule has 0 bridgehead atoms. The average Bonchev–Trinajstić information content (AvgIpc) is 2.82. The van der Waals surface area contributed by atoms with Gasteiger partial charge in [0.05, 0.1) is 0 Å². The van der Waals surface area contributed by atoms with Gasteiger partial charge in [-0.2, -0.15) is 11.3 Å². The Hall–Kier alpha value is -1.56. The Kier molecular flexibility index (Phi) is 5.35. The topological polar surface area (TPSA) is 69.6 Å². The first-order valence-electron chi connectivity index (χ1n) is 6.19. The van der Waals surface area contributed by atoms with Gasteiger partial charge in [0.2, 0.25) is 0 Å². The van der Waals surface area contributed by atoms with Crippen LogP contribution in [0.25, 0.3) is 0 Å². The third kappa shape index (κ3) is 3.96. The first-order chi connectivity index (χ1) is 8.89. The van der Waals surface area contributed by atoms with Crippen LogP contribution in [0.5, 0.6) is 0 Å². The van der Waals surface area contributed by atoms with Crippen molar-refractivity contribution >= 4 is 23.3 Å². The van der Waals surface area contributed by atoms with Gasteiger partial charge >= 0.3 is 12.0 Å². The molecule has 6 heteroatoms. The lowest BCUT2D eigenvalue weighted by Gasteiger charge is -2.34. The number of thiophene rings is 1. The van der Waals surface area contributed by atoms with Gasteiger partial charge in [-0.15, -0.1) is 0 Å². The van der Waals surface area contributed by atoms with Gasteiger partial charge in [-0.25, -0.2) is 9.59 Å². The molecule has 0 aliphatic rings. The van der Waals surface area contributed by atoms with Crippen molar-refractivity contribution < 1.29 is 14.7 Å². The van der Waals surface area contributed by atoms with Crippen molar-refractivity contribution in [3.05, 3.63) is 22.4 Å². The number of nitrogens with zero attached hydrogens (tertiary/aromatic N) is 1. The number of carboxylic acid groups (broad SMARTS) is 1. The molecule has 0 radical (unpaired) electrons. The van der Waals surface area contributed by atoms with Crippen LogP contribution in [0.15, 0.2) is 16.8 Å². The fourth-order valence-electron chi connectivity index (χ4n) is 1.75. The normalized spacial score (nSPS) is 11.1. The highest BCUT2D eigenvalue weighted by Gasteiger charge is 2.36. The SMILES string of the molecule is CCN(C(=O)NCCc1ccsc1)C(C)(C)C(=O)O. The molecule has 0 aliphatic carbocycles. The van der Waals surface area contributed by atoms with E-state index in [1.165, 1.54) is 24.3 Å². The predicted molar refractivity (Wildman–Crippen MR) is 75.5 cm³/mol. The number of hydrogen-bond acceptors (Lipinski definition) is 3. The van der Waals surface area contributed by atoms with Gasteiger partial charge < -0.3 is 15.3 Å². The Balaban J connectivity index is 2.52. The van der Waals surface area contributed by atoms with Crippen molar-refractivity contribution in [2.45, 2.75) is 32.7 Å². The Morgan fingerprint density at radius 3 is 2.63 bits per heavy atom. The Labute approximate surface area is 117 Å². The number of carbonyl (C=O) groups is 2. The van der Waals surface area contributed by atoms with Gasteiger partial charge in [0.25, 0.3) is 0 Å². The molecule has 106 valence electrons. The van der Waals surface area contributed by atoms with Crippen LogP contribution in [-0.4, -0.2) is 40.6 Å². The number of aliphatic carboxylic acids is 1. The summed E-state index contributed by atoms with van der Waals surface area (Å²) in [5.74, 6) is -1.01. The number of amides is 2. The first-order valence-corrected chi connectivity index (χ1v) is 7.13. The van der Waals surface area contributed by atoms with Crippen molar-refractivity contribution in [1.29, 1.82) is 0 Å². The largest absolute Gasteiger partial charge is 0.480 e. The molecule has 1 aromatic heterocycles. The van der Waals surface area contributed by atoms with E-state index < -0.39 is 11.5 Å². The van der Waals surface area contributed by atoms with Gasteiger partial charge in [0.15, 0.2) is 0 Å². The lowest BCUT2D eigenvalue weighted by Crippen LogP contribution is -2.56. The smallest absolute Gasteiger partial charge is 0.329 e. The molecule has 0 aromatic carbocycles. The zero-order chi connectivity index (χ0) is 14.5. The molecular formula is C13H20N2O3S. The van der Waals surface area contributed by atoms with E-state index in [-0.39, 0.29) is 6.03 Å². The minimum absolute atomic E-state index is 0.342. The second-order valence-corrected chi connectivity index (χ2v) is 5.50. The predicted octanol–water partition coefficient (Wildman–Crippen LogP) is 2.19. The third-order valence-corrected chi connectivity index (χ3v) is 3.76. The van der Waals surface area contributed by atoms with Crippen molar-refractivity contribution in [2.24, 2.45) is 0 Å².